The Labute approximate surface area is 345 Å². The van der Waals surface area contributed by atoms with E-state index in [9.17, 15) is 81.7 Å². The first kappa shape index (κ1) is 38.0. The van der Waals surface area contributed by atoms with Gasteiger partial charge in [0.05, 0.1) is 21.7 Å². The van der Waals surface area contributed by atoms with Crippen LogP contribution in [0.1, 0.15) is 17.5 Å². The Morgan fingerprint density at radius 3 is 1.33 bits per heavy atom. The average Bonchev–Trinajstić information content (AvgIpc) is 3.69. The Morgan fingerprint density at radius 1 is 0.317 bits per heavy atom. The number of phenolic OH excluding ortho intramolecular Hbond substituents is 16. The fourth-order valence-corrected chi connectivity index (χ4v) is 8.72. The normalized spacial score (nSPS) is 12.8. The zero-order valence-electron chi connectivity index (χ0n) is 31.8. The van der Waals surface area contributed by atoms with Gasteiger partial charge in [-0.3, -0.25) is 18.3 Å². The van der Waals surface area contributed by atoms with Crippen molar-refractivity contribution < 1.29 is 100 Å². The second-order valence-corrected chi connectivity index (χ2v) is 14.8. The van der Waals surface area contributed by atoms with Crippen molar-refractivity contribution >= 4 is 88.3 Å². The van der Waals surface area contributed by atoms with Crippen LogP contribution in [0.25, 0.3) is 99.5 Å². The van der Waals surface area contributed by atoms with Crippen LogP contribution in [-0.2, 0) is 0 Å². The van der Waals surface area contributed by atoms with Crippen molar-refractivity contribution in [2.45, 2.75) is 20.3 Å². The van der Waals surface area contributed by atoms with E-state index in [0.29, 0.717) is 0 Å². The molecule has 0 saturated heterocycles. The number of allylic oxidation sites excluding steroid dienone is 2. The number of rotatable bonds is 1. The third kappa shape index (κ3) is 4.36. The summed E-state index contributed by atoms with van der Waals surface area (Å²) in [6.07, 6.45) is 6.34. The molecule has 16 N–H and O–H groups in total. The summed E-state index contributed by atoms with van der Waals surface area (Å²) in [5.41, 5.74) is -3.41. The number of benzene rings is 7. The monoisotopic (exact) mass is 864 g/mol. The van der Waals surface area contributed by atoms with Gasteiger partial charge in [0.25, 0.3) is 0 Å². The van der Waals surface area contributed by atoms with Crippen LogP contribution in [-0.4, -0.2) is 81.7 Å². The number of fused-ring (bicyclic) bond motifs is 8. The van der Waals surface area contributed by atoms with Crippen LogP contribution in [0.3, 0.4) is 0 Å². The number of hydrogen-bond acceptors (Lipinski definition) is 20. The second kappa shape index (κ2) is 12.2. The molecule has 0 saturated carbocycles. The van der Waals surface area contributed by atoms with Crippen molar-refractivity contribution in [1.29, 1.82) is 0 Å². The van der Waals surface area contributed by atoms with E-state index in [4.69, 9.17) is 18.3 Å². The summed E-state index contributed by atoms with van der Waals surface area (Å²) in [7, 11) is 0. The molecule has 0 fully saturated rings. The summed E-state index contributed by atoms with van der Waals surface area (Å²) in [6, 6.07) is 0. The zero-order chi connectivity index (χ0) is 45.1. The van der Waals surface area contributed by atoms with E-state index in [0.717, 1.165) is 0 Å². The molecule has 20 nitrogen and oxygen atoms in total. The number of hydrogen-bond donors (Lipinski definition) is 16. The van der Waals surface area contributed by atoms with Crippen molar-refractivity contribution in [1.82, 2.24) is 0 Å². The second-order valence-electron chi connectivity index (χ2n) is 14.8. The molecule has 320 valence electrons. The SMILES string of the molecule is Cc1c(C)c2ooc3c(O)c4ooc5c(O)c6c(O)c(O)c(O)c(O)c6c(O)c5c5c(O)c(O)c(O)c(c45)c3c3c4c(c(-c5c(O)c(O)c(O)c(O)c5O)c(c1O)c23)=CCC=CC=4. The standard InChI is InChI=1S/C43H28O20/c1-8-9(2)40-17-13(11-7-5-3-4-6-10(11)12(14(17)24(8)44)20-28(48)36(56)38(58)37(57)29(20)49)18-15-19-16(27(47)33(53)26(15)46)23-25(45)21-22(31(51)35(55)34(54)30(21)50)32(52)43(23)63-62-42(19)39(59)41(18)61-60-40/h3,5-7,44-59H,4H2,1-2H3. The lowest BCUT2D eigenvalue weighted by molar-refractivity contribution is 0.0827. The first-order valence-corrected chi connectivity index (χ1v) is 18.3. The fraction of sp³-hybridized carbons (Fsp3) is 0.0698. The minimum Gasteiger partial charge on any atom is -0.507 e. The molecule has 1 aliphatic rings. The van der Waals surface area contributed by atoms with E-state index in [2.05, 4.69) is 0 Å². The first-order valence-electron chi connectivity index (χ1n) is 18.3. The zero-order valence-corrected chi connectivity index (χ0v) is 31.8. The van der Waals surface area contributed by atoms with Crippen LogP contribution < -0.4 is 10.4 Å². The number of phenols is 16. The molecule has 1 aliphatic carbocycles. The van der Waals surface area contributed by atoms with Gasteiger partial charge in [0, 0.05) is 48.8 Å². The van der Waals surface area contributed by atoms with Gasteiger partial charge in [-0.25, -0.2) is 0 Å². The lowest BCUT2D eigenvalue weighted by Gasteiger charge is -2.19. The largest absolute Gasteiger partial charge is 0.507 e. The van der Waals surface area contributed by atoms with Gasteiger partial charge in [0.15, 0.2) is 45.8 Å². The van der Waals surface area contributed by atoms with Crippen molar-refractivity contribution in [3.63, 3.8) is 0 Å². The van der Waals surface area contributed by atoms with Crippen LogP contribution >= 0.6 is 0 Å². The third-order valence-corrected chi connectivity index (χ3v) is 11.8. The van der Waals surface area contributed by atoms with E-state index < -0.39 is 152 Å². The van der Waals surface area contributed by atoms with Crippen molar-refractivity contribution in [3.05, 3.63) is 33.7 Å². The maximum Gasteiger partial charge on any atom is 0.233 e. The van der Waals surface area contributed by atoms with Crippen molar-refractivity contribution in [3.8, 4) is 103 Å². The Bertz CT molecular complexity index is 3880. The highest BCUT2D eigenvalue weighted by molar-refractivity contribution is 6.37. The minimum absolute atomic E-state index is 0.0241. The maximum absolute atomic E-state index is 12.2. The smallest absolute Gasteiger partial charge is 0.233 e. The van der Waals surface area contributed by atoms with E-state index in [1.165, 1.54) is 26.0 Å². The van der Waals surface area contributed by atoms with Gasteiger partial charge in [0.1, 0.15) is 11.5 Å². The highest BCUT2D eigenvalue weighted by Gasteiger charge is 2.35. The van der Waals surface area contributed by atoms with E-state index in [-0.39, 0.29) is 55.3 Å². The molecular weight excluding hydrogens is 836 g/mol. The summed E-state index contributed by atoms with van der Waals surface area (Å²) in [5, 5.41) is 174. The molecule has 7 aromatic carbocycles. The summed E-state index contributed by atoms with van der Waals surface area (Å²) in [6.45, 7) is 2.96. The van der Waals surface area contributed by atoms with Gasteiger partial charge in [-0.15, -0.1) is 0 Å². The molecule has 63 heavy (non-hydrogen) atoms. The van der Waals surface area contributed by atoms with E-state index >= 15 is 0 Å². The molecule has 0 spiro atoms. The Morgan fingerprint density at radius 2 is 0.746 bits per heavy atom. The van der Waals surface area contributed by atoms with Crippen LogP contribution in [0.2, 0.25) is 0 Å². The predicted molar refractivity (Wildman–Crippen MR) is 219 cm³/mol. The lowest BCUT2D eigenvalue weighted by atomic mass is 9.85. The van der Waals surface area contributed by atoms with Gasteiger partial charge in [-0.1, -0.05) is 24.3 Å². The van der Waals surface area contributed by atoms with Crippen molar-refractivity contribution in [2.75, 3.05) is 0 Å². The summed E-state index contributed by atoms with van der Waals surface area (Å²) in [4.78, 5) is 0. The number of aromatic hydroxyl groups is 16. The van der Waals surface area contributed by atoms with E-state index in [1.54, 1.807) is 12.2 Å². The van der Waals surface area contributed by atoms with Crippen LogP contribution in [0.15, 0.2) is 30.5 Å². The molecular formula is C43H28O20. The van der Waals surface area contributed by atoms with Gasteiger partial charge < -0.3 is 81.7 Å². The van der Waals surface area contributed by atoms with Gasteiger partial charge in [-0.05, 0) is 36.3 Å². The molecule has 2 heterocycles. The third-order valence-electron chi connectivity index (χ3n) is 11.8. The lowest BCUT2D eigenvalue weighted by Crippen LogP contribution is -2.28. The molecule has 0 radical (unpaired) electrons. The highest BCUT2D eigenvalue weighted by atomic mass is 17.0. The van der Waals surface area contributed by atoms with Crippen LogP contribution in [0.5, 0.6) is 92.0 Å². The maximum atomic E-state index is 12.2. The summed E-state index contributed by atoms with van der Waals surface area (Å²) in [5.74, 6) is -19.1. The summed E-state index contributed by atoms with van der Waals surface area (Å²) >= 11 is 0. The fourth-order valence-electron chi connectivity index (χ4n) is 8.72. The quantitative estimate of drug-likeness (QED) is 0.0485. The first-order chi connectivity index (χ1) is 29.8. The van der Waals surface area contributed by atoms with Crippen molar-refractivity contribution in [2.24, 2.45) is 0 Å². The van der Waals surface area contributed by atoms with Crippen LogP contribution in [0, 0.1) is 13.8 Å². The molecule has 9 aromatic rings. The average molecular weight is 865 g/mol. The van der Waals surface area contributed by atoms with Crippen LogP contribution in [0.4, 0.5) is 0 Å². The molecule has 10 rings (SSSR count). The van der Waals surface area contributed by atoms with Gasteiger partial charge >= 0.3 is 0 Å². The molecule has 2 aromatic heterocycles. The Balaban J connectivity index is 1.61. The highest BCUT2D eigenvalue weighted by Crippen LogP contribution is 2.62. The minimum atomic E-state index is -1.36. The van der Waals surface area contributed by atoms with Gasteiger partial charge in [0.2, 0.25) is 57.0 Å². The topological polar surface area (TPSA) is 376 Å². The molecule has 0 aliphatic heterocycles. The molecule has 20 heteroatoms. The number of aryl methyl sites for hydroxylation is 1. The Hall–Kier alpha value is -9.20. The molecule has 0 atom stereocenters. The molecule has 0 unspecified atom stereocenters. The summed E-state index contributed by atoms with van der Waals surface area (Å²) < 4.78 is 22.7. The van der Waals surface area contributed by atoms with Gasteiger partial charge in [-0.2, -0.15) is 0 Å². The Kier molecular flexibility index (Phi) is 7.36. The molecule has 0 bridgehead atoms. The molecule has 0 amide bonds. The van der Waals surface area contributed by atoms with E-state index in [1.807, 2.05) is 0 Å². The predicted octanol–water partition coefficient (Wildman–Crippen LogP) is 6.35.